The Labute approximate surface area is 164 Å². The molecule has 0 aliphatic heterocycles. The summed E-state index contributed by atoms with van der Waals surface area (Å²) in [5, 5.41) is 0. The van der Waals surface area contributed by atoms with E-state index < -0.39 is 23.2 Å². The first kappa shape index (κ1) is 19.0. The van der Waals surface area contributed by atoms with Gasteiger partial charge in [0.15, 0.2) is 11.5 Å². The van der Waals surface area contributed by atoms with Crippen LogP contribution in [-0.4, -0.2) is 29.8 Å². The highest BCUT2D eigenvalue weighted by Crippen LogP contribution is 2.69. The van der Waals surface area contributed by atoms with Crippen LogP contribution < -0.4 is 0 Å². The number of ether oxygens (including phenoxy) is 1. The third kappa shape index (κ3) is 2.39. The van der Waals surface area contributed by atoms with Gasteiger partial charge in [-0.3, -0.25) is 9.59 Å². The Hall–Kier alpha value is -1.36. The predicted molar refractivity (Wildman–Crippen MR) is 105 cm³/mol. The van der Waals surface area contributed by atoms with Gasteiger partial charge < -0.3 is 4.74 Å². The van der Waals surface area contributed by atoms with E-state index in [2.05, 4.69) is 19.3 Å². The van der Waals surface area contributed by atoms with Crippen LogP contribution in [0.25, 0.3) is 0 Å². The summed E-state index contributed by atoms with van der Waals surface area (Å²) in [7, 11) is 0. The van der Waals surface area contributed by atoms with Crippen molar-refractivity contribution in [1.82, 2.24) is 0 Å². The predicted octanol–water partition coefficient (Wildman–Crippen LogP) is 4.78. The fourth-order valence-corrected chi connectivity index (χ4v) is 7.32. The number of rotatable bonds is 2. The second-order valence-corrected chi connectivity index (χ2v) is 9.70. The van der Waals surface area contributed by atoms with Crippen molar-refractivity contribution in [3.05, 3.63) is 34.8 Å². The van der Waals surface area contributed by atoms with Crippen LogP contribution in [0.1, 0.15) is 46.5 Å². The van der Waals surface area contributed by atoms with Gasteiger partial charge >= 0.3 is 5.97 Å². The third-order valence-corrected chi connectivity index (χ3v) is 8.73. The first-order valence-electron chi connectivity index (χ1n) is 9.72. The van der Waals surface area contributed by atoms with Crippen molar-refractivity contribution in [3.8, 4) is 0 Å². The molecule has 0 bridgehead atoms. The molecular formula is C22H27FO3S. The van der Waals surface area contributed by atoms with Crippen molar-refractivity contribution in [2.24, 2.45) is 22.7 Å². The molecule has 4 aliphatic carbocycles. The van der Waals surface area contributed by atoms with Crippen LogP contribution in [0.3, 0.4) is 0 Å². The molecule has 0 saturated heterocycles. The molecule has 146 valence electrons. The van der Waals surface area contributed by atoms with E-state index in [1.165, 1.54) is 17.9 Å². The number of alkyl halides is 1. The molecule has 0 spiro atoms. The minimum atomic E-state index is -1.70. The molecule has 0 aromatic heterocycles. The SMILES string of the molecule is CSC1=CC[C@H]2[C@@H]3CCC4=CC(=O)C=C[C@]4(C)[C@@]3(F)[C@@H](OC(C)=O)C[C@]12C. The molecule has 0 aromatic carbocycles. The Morgan fingerprint density at radius 3 is 2.74 bits per heavy atom. The summed E-state index contributed by atoms with van der Waals surface area (Å²) in [6, 6.07) is 0. The number of hydrogen-bond donors (Lipinski definition) is 0. The van der Waals surface area contributed by atoms with Gasteiger partial charge in [-0.1, -0.05) is 24.6 Å². The summed E-state index contributed by atoms with van der Waals surface area (Å²) in [5.74, 6) is -0.537. The fourth-order valence-electron chi connectivity index (χ4n) is 6.35. The van der Waals surface area contributed by atoms with Crippen LogP contribution in [0.2, 0.25) is 0 Å². The normalized spacial score (nSPS) is 45.4. The van der Waals surface area contributed by atoms with Gasteiger partial charge in [0.2, 0.25) is 0 Å². The van der Waals surface area contributed by atoms with E-state index >= 15 is 4.39 Å². The monoisotopic (exact) mass is 390 g/mol. The third-order valence-electron chi connectivity index (χ3n) is 7.66. The second kappa shape index (κ2) is 6.07. The van der Waals surface area contributed by atoms with E-state index in [0.29, 0.717) is 12.8 Å². The van der Waals surface area contributed by atoms with Gasteiger partial charge in [0.1, 0.15) is 6.10 Å². The van der Waals surface area contributed by atoms with Crippen molar-refractivity contribution in [2.45, 2.75) is 58.2 Å². The summed E-state index contributed by atoms with van der Waals surface area (Å²) < 4.78 is 22.9. The lowest BCUT2D eigenvalue weighted by Crippen LogP contribution is -2.67. The van der Waals surface area contributed by atoms with E-state index in [0.717, 1.165) is 18.4 Å². The van der Waals surface area contributed by atoms with Gasteiger partial charge in [-0.15, -0.1) is 11.8 Å². The maximum absolute atomic E-state index is 17.2. The maximum atomic E-state index is 17.2. The highest BCUT2D eigenvalue weighted by Gasteiger charge is 2.70. The summed E-state index contributed by atoms with van der Waals surface area (Å²) in [6.07, 6.45) is 11.1. The summed E-state index contributed by atoms with van der Waals surface area (Å²) in [5.41, 5.74) is -1.93. The number of thioether (sulfide) groups is 1. The quantitative estimate of drug-likeness (QED) is 0.636. The van der Waals surface area contributed by atoms with Gasteiger partial charge in [0.25, 0.3) is 0 Å². The number of carbonyl (C=O) groups excluding carboxylic acids is 2. The van der Waals surface area contributed by atoms with Crippen LogP contribution in [-0.2, 0) is 14.3 Å². The summed E-state index contributed by atoms with van der Waals surface area (Å²) in [6.45, 7) is 5.44. The molecule has 5 heteroatoms. The number of allylic oxidation sites excluding steroid dienone is 6. The van der Waals surface area contributed by atoms with Crippen molar-refractivity contribution >= 4 is 23.5 Å². The topological polar surface area (TPSA) is 43.4 Å². The van der Waals surface area contributed by atoms with Crippen molar-refractivity contribution in [3.63, 3.8) is 0 Å². The molecule has 0 amide bonds. The molecule has 27 heavy (non-hydrogen) atoms. The molecule has 4 aliphatic rings. The summed E-state index contributed by atoms with van der Waals surface area (Å²) >= 11 is 1.73. The molecule has 4 rings (SSSR count). The van der Waals surface area contributed by atoms with Crippen molar-refractivity contribution < 1.29 is 18.7 Å². The standard InChI is InChI=1S/C22H27FO3S/c1-13(24)26-18-12-20(2)16(7-8-19(20)27-4)17-6-5-14-11-15(25)9-10-21(14,3)22(17,18)23/h8-11,16-18H,5-7,12H2,1-4H3/t16-,17-,18-,20-,21-,22-/m0/s1. The van der Waals surface area contributed by atoms with Gasteiger partial charge in [-0.2, -0.15) is 0 Å². The number of hydrogen-bond acceptors (Lipinski definition) is 4. The average Bonchev–Trinajstić information content (AvgIpc) is 2.92. The number of fused-ring (bicyclic) bond motifs is 5. The van der Waals surface area contributed by atoms with Gasteiger partial charge in [0.05, 0.1) is 0 Å². The average molecular weight is 391 g/mol. The van der Waals surface area contributed by atoms with E-state index in [4.69, 9.17) is 4.74 Å². The van der Waals surface area contributed by atoms with E-state index in [1.807, 2.05) is 6.92 Å². The fraction of sp³-hybridized carbons (Fsp3) is 0.636. The minimum Gasteiger partial charge on any atom is -0.459 e. The first-order chi connectivity index (χ1) is 12.7. The molecule has 0 radical (unpaired) electrons. The largest absolute Gasteiger partial charge is 0.459 e. The second-order valence-electron chi connectivity index (χ2n) is 8.86. The van der Waals surface area contributed by atoms with Crippen molar-refractivity contribution in [2.75, 3.05) is 6.26 Å². The molecular weight excluding hydrogens is 363 g/mol. The lowest BCUT2D eigenvalue weighted by Gasteiger charge is -2.62. The Balaban J connectivity index is 1.85. The molecule has 0 N–H and O–H groups in total. The number of ketones is 1. The molecule has 2 saturated carbocycles. The van der Waals surface area contributed by atoms with Crippen LogP contribution in [0.5, 0.6) is 0 Å². The number of carbonyl (C=O) groups is 2. The smallest absolute Gasteiger partial charge is 0.303 e. The van der Waals surface area contributed by atoms with Gasteiger partial charge in [0, 0.05) is 23.7 Å². The Bertz CT molecular complexity index is 799. The van der Waals surface area contributed by atoms with E-state index in [1.54, 1.807) is 23.9 Å². The van der Waals surface area contributed by atoms with Crippen LogP contribution in [0.15, 0.2) is 34.8 Å². The molecule has 0 unspecified atom stereocenters. The van der Waals surface area contributed by atoms with Crippen LogP contribution in [0.4, 0.5) is 4.39 Å². The number of halogens is 1. The van der Waals surface area contributed by atoms with E-state index in [9.17, 15) is 9.59 Å². The van der Waals surface area contributed by atoms with Crippen molar-refractivity contribution in [1.29, 1.82) is 0 Å². The van der Waals surface area contributed by atoms with E-state index in [-0.39, 0.29) is 23.0 Å². The molecule has 2 fully saturated rings. The lowest BCUT2D eigenvalue weighted by molar-refractivity contribution is -0.205. The first-order valence-corrected chi connectivity index (χ1v) is 10.9. The zero-order valence-electron chi connectivity index (χ0n) is 16.4. The number of esters is 1. The Morgan fingerprint density at radius 2 is 2.07 bits per heavy atom. The summed E-state index contributed by atoms with van der Waals surface area (Å²) in [4.78, 5) is 25.1. The van der Waals surface area contributed by atoms with Gasteiger partial charge in [-0.05, 0) is 61.8 Å². The molecule has 0 heterocycles. The molecule has 6 atom stereocenters. The highest BCUT2D eigenvalue weighted by atomic mass is 32.2. The molecule has 0 aromatic rings. The maximum Gasteiger partial charge on any atom is 0.303 e. The Morgan fingerprint density at radius 1 is 1.33 bits per heavy atom. The van der Waals surface area contributed by atoms with Crippen LogP contribution in [0, 0.1) is 22.7 Å². The van der Waals surface area contributed by atoms with Gasteiger partial charge in [-0.25, -0.2) is 4.39 Å². The zero-order chi connectivity index (χ0) is 19.6. The Kier molecular flexibility index (Phi) is 4.26. The highest BCUT2D eigenvalue weighted by molar-refractivity contribution is 8.02. The zero-order valence-corrected chi connectivity index (χ0v) is 17.2. The molecule has 3 nitrogen and oxygen atoms in total. The minimum absolute atomic E-state index is 0.0820. The lowest BCUT2D eigenvalue weighted by atomic mass is 9.46. The van der Waals surface area contributed by atoms with Crippen LogP contribution >= 0.6 is 11.8 Å².